The van der Waals surface area contributed by atoms with Crippen LogP contribution in [0.2, 0.25) is 5.02 Å². The number of aryl methyl sites for hydroxylation is 1. The molecule has 3 nitrogen and oxygen atoms in total. The van der Waals surface area contributed by atoms with Crippen LogP contribution in [-0.4, -0.2) is 5.91 Å². The van der Waals surface area contributed by atoms with Gasteiger partial charge in [-0.2, -0.15) is 0 Å². The predicted molar refractivity (Wildman–Crippen MR) is 113 cm³/mol. The summed E-state index contributed by atoms with van der Waals surface area (Å²) in [6.45, 7) is 4.17. The van der Waals surface area contributed by atoms with Crippen molar-refractivity contribution in [3.63, 3.8) is 0 Å². The number of carbonyl (C=O) groups is 1. The Morgan fingerprint density at radius 1 is 1.26 bits per heavy atom. The van der Waals surface area contributed by atoms with Gasteiger partial charge >= 0.3 is 0 Å². The van der Waals surface area contributed by atoms with Crippen LogP contribution in [0.3, 0.4) is 0 Å². The maximum atomic E-state index is 12.2. The normalized spacial score (nSPS) is 22.7. The Balaban J connectivity index is 1.78. The maximum Gasteiger partial charge on any atom is 0.224 e. The Kier molecular flexibility index (Phi) is 4.96. The van der Waals surface area contributed by atoms with Gasteiger partial charge in [-0.25, -0.2) is 0 Å². The molecule has 1 aliphatic carbocycles. The number of fused-ring (bicyclic) bond motifs is 3. The number of benzene rings is 2. The van der Waals surface area contributed by atoms with Crippen LogP contribution in [-0.2, 0) is 4.79 Å². The van der Waals surface area contributed by atoms with Gasteiger partial charge in [-0.3, -0.25) is 4.79 Å². The summed E-state index contributed by atoms with van der Waals surface area (Å²) in [4.78, 5) is 12.2. The minimum absolute atomic E-state index is 0.0570. The molecule has 2 N–H and O–H groups in total. The summed E-state index contributed by atoms with van der Waals surface area (Å²) < 4.78 is 0. The zero-order valence-electron chi connectivity index (χ0n) is 15.8. The van der Waals surface area contributed by atoms with Gasteiger partial charge < -0.3 is 10.6 Å². The predicted octanol–water partition coefficient (Wildman–Crippen LogP) is 6.21. The van der Waals surface area contributed by atoms with Gasteiger partial charge in [0.1, 0.15) is 0 Å². The highest BCUT2D eigenvalue weighted by molar-refractivity contribution is 6.33. The van der Waals surface area contributed by atoms with E-state index in [2.05, 4.69) is 54.0 Å². The molecule has 0 saturated heterocycles. The molecule has 3 atom stereocenters. The van der Waals surface area contributed by atoms with E-state index < -0.39 is 0 Å². The van der Waals surface area contributed by atoms with Crippen LogP contribution in [0.1, 0.15) is 54.8 Å². The summed E-state index contributed by atoms with van der Waals surface area (Å²) in [5, 5.41) is 7.53. The lowest BCUT2D eigenvalue weighted by atomic mass is 9.75. The number of anilines is 2. The molecule has 1 aliphatic heterocycles. The summed E-state index contributed by atoms with van der Waals surface area (Å²) >= 11 is 6.60. The van der Waals surface area contributed by atoms with E-state index in [1.54, 1.807) is 0 Å². The largest absolute Gasteiger partial charge is 0.376 e. The minimum atomic E-state index is 0.0570. The SMILES string of the molecule is CCCC(=O)Nc1ccc(Cl)c2c1C1C=CCC1C(c1ccccc1C)N2. The Labute approximate surface area is 165 Å². The number of allylic oxidation sites excluding steroid dienone is 2. The number of halogens is 1. The number of hydrogen-bond donors (Lipinski definition) is 2. The first-order chi connectivity index (χ1) is 13.1. The van der Waals surface area contributed by atoms with E-state index in [1.807, 2.05) is 19.1 Å². The molecule has 4 heteroatoms. The van der Waals surface area contributed by atoms with Crippen molar-refractivity contribution in [2.24, 2.45) is 5.92 Å². The number of rotatable bonds is 4. The van der Waals surface area contributed by atoms with Crippen molar-refractivity contribution in [2.75, 3.05) is 10.6 Å². The molecule has 0 aromatic heterocycles. The summed E-state index contributed by atoms with van der Waals surface area (Å²) in [6.07, 6.45) is 6.92. The summed E-state index contributed by atoms with van der Waals surface area (Å²) in [7, 11) is 0. The third-order valence-electron chi connectivity index (χ3n) is 5.74. The van der Waals surface area contributed by atoms with Gasteiger partial charge in [0.25, 0.3) is 0 Å². The van der Waals surface area contributed by atoms with E-state index in [4.69, 9.17) is 11.6 Å². The molecule has 1 heterocycles. The topological polar surface area (TPSA) is 41.1 Å². The molecule has 27 heavy (non-hydrogen) atoms. The fourth-order valence-electron chi connectivity index (χ4n) is 4.47. The lowest BCUT2D eigenvalue weighted by Crippen LogP contribution is -2.30. The average Bonchev–Trinajstić information content (AvgIpc) is 3.14. The zero-order chi connectivity index (χ0) is 19.0. The highest BCUT2D eigenvalue weighted by Gasteiger charge is 2.40. The second kappa shape index (κ2) is 7.40. The van der Waals surface area contributed by atoms with Crippen molar-refractivity contribution < 1.29 is 4.79 Å². The molecule has 0 fully saturated rings. The van der Waals surface area contributed by atoms with Crippen LogP contribution >= 0.6 is 11.6 Å². The van der Waals surface area contributed by atoms with Crippen molar-refractivity contribution in [1.82, 2.24) is 0 Å². The molecule has 0 bridgehead atoms. The van der Waals surface area contributed by atoms with Crippen molar-refractivity contribution in [3.8, 4) is 0 Å². The maximum absolute atomic E-state index is 12.2. The smallest absolute Gasteiger partial charge is 0.224 e. The molecule has 4 rings (SSSR count). The number of carbonyl (C=O) groups excluding carboxylic acids is 1. The lowest BCUT2D eigenvalue weighted by molar-refractivity contribution is -0.116. The third kappa shape index (κ3) is 3.25. The molecule has 140 valence electrons. The monoisotopic (exact) mass is 380 g/mol. The lowest BCUT2D eigenvalue weighted by Gasteiger charge is -2.39. The standard InChI is InChI=1S/C23H25ClN2O/c1-3-7-20(27)25-19-13-12-18(24)23-21(19)16-10-6-11-17(16)22(26-23)15-9-5-4-8-14(15)2/h4-6,8-10,12-13,16-17,22,26H,3,7,11H2,1-2H3,(H,25,27). The van der Waals surface area contributed by atoms with Crippen molar-refractivity contribution in [2.45, 2.75) is 45.1 Å². The number of amides is 1. The van der Waals surface area contributed by atoms with Gasteiger partial charge in [0.15, 0.2) is 0 Å². The Morgan fingerprint density at radius 2 is 2.07 bits per heavy atom. The number of nitrogens with one attached hydrogen (secondary N) is 2. The zero-order valence-corrected chi connectivity index (χ0v) is 16.5. The van der Waals surface area contributed by atoms with E-state index in [9.17, 15) is 4.79 Å². The first-order valence-corrected chi connectivity index (χ1v) is 10.1. The fourth-order valence-corrected chi connectivity index (χ4v) is 4.69. The molecule has 2 aromatic rings. The first-order valence-electron chi connectivity index (χ1n) is 9.71. The van der Waals surface area contributed by atoms with Crippen molar-refractivity contribution in [3.05, 3.63) is 70.3 Å². The van der Waals surface area contributed by atoms with Crippen LogP contribution in [0.5, 0.6) is 0 Å². The second-order valence-electron chi connectivity index (χ2n) is 7.51. The number of hydrogen-bond acceptors (Lipinski definition) is 2. The molecular weight excluding hydrogens is 356 g/mol. The van der Waals surface area contributed by atoms with Gasteiger partial charge in [0.05, 0.1) is 16.8 Å². The molecule has 2 aliphatic rings. The molecule has 2 aromatic carbocycles. The molecule has 0 radical (unpaired) electrons. The van der Waals surface area contributed by atoms with Crippen LogP contribution in [0.25, 0.3) is 0 Å². The fraction of sp³-hybridized carbons (Fsp3) is 0.348. The summed E-state index contributed by atoms with van der Waals surface area (Å²) in [6, 6.07) is 12.6. The van der Waals surface area contributed by atoms with E-state index in [0.717, 1.165) is 29.8 Å². The van der Waals surface area contributed by atoms with Crippen molar-refractivity contribution >= 4 is 28.9 Å². The third-order valence-corrected chi connectivity index (χ3v) is 6.06. The van der Waals surface area contributed by atoms with Crippen LogP contribution in [0, 0.1) is 12.8 Å². The van der Waals surface area contributed by atoms with E-state index in [-0.39, 0.29) is 17.9 Å². The van der Waals surface area contributed by atoms with Crippen LogP contribution in [0.15, 0.2) is 48.6 Å². The first kappa shape index (κ1) is 18.1. The van der Waals surface area contributed by atoms with Gasteiger partial charge in [0, 0.05) is 23.6 Å². The highest BCUT2D eigenvalue weighted by Crippen LogP contribution is 2.54. The van der Waals surface area contributed by atoms with Gasteiger partial charge in [-0.15, -0.1) is 0 Å². The van der Waals surface area contributed by atoms with Crippen LogP contribution in [0.4, 0.5) is 11.4 Å². The van der Waals surface area contributed by atoms with Gasteiger partial charge in [-0.1, -0.05) is 54.9 Å². The van der Waals surface area contributed by atoms with Crippen LogP contribution < -0.4 is 10.6 Å². The van der Waals surface area contributed by atoms with E-state index >= 15 is 0 Å². The average molecular weight is 381 g/mol. The molecule has 3 unspecified atom stereocenters. The highest BCUT2D eigenvalue weighted by atomic mass is 35.5. The van der Waals surface area contributed by atoms with Gasteiger partial charge in [0.2, 0.25) is 5.91 Å². The minimum Gasteiger partial charge on any atom is -0.376 e. The van der Waals surface area contributed by atoms with E-state index in [1.165, 1.54) is 11.1 Å². The van der Waals surface area contributed by atoms with Gasteiger partial charge in [-0.05, 0) is 48.9 Å². The Bertz CT molecular complexity index is 905. The Hall–Kier alpha value is -2.26. The summed E-state index contributed by atoms with van der Waals surface area (Å²) in [5.41, 5.74) is 5.55. The second-order valence-corrected chi connectivity index (χ2v) is 7.92. The Morgan fingerprint density at radius 3 is 2.85 bits per heavy atom. The molecule has 0 spiro atoms. The van der Waals surface area contributed by atoms with E-state index in [0.29, 0.717) is 17.4 Å². The molecule has 0 saturated carbocycles. The van der Waals surface area contributed by atoms with Crippen molar-refractivity contribution in [1.29, 1.82) is 0 Å². The molecule has 1 amide bonds. The summed E-state index contributed by atoms with van der Waals surface area (Å²) in [5.74, 6) is 0.724. The quantitative estimate of drug-likeness (QED) is 0.618. The molecular formula is C23H25ClN2O.